The molecule has 0 aliphatic rings. The van der Waals surface area contributed by atoms with Crippen LogP contribution in [0.1, 0.15) is 23.6 Å². The standard InChI is InChI=1S/C16H17ClN2O2/c1-10-4-3-5-13(17)16(10)12-6-11(8-19-9-12)14(18)7-15(20)21-2/h3-6,8-9,14H,7,18H2,1-2H3. The Hall–Kier alpha value is -1.91. The molecule has 0 saturated carbocycles. The van der Waals surface area contributed by atoms with Crippen molar-refractivity contribution in [1.82, 2.24) is 4.98 Å². The molecule has 2 N–H and O–H groups in total. The molecule has 21 heavy (non-hydrogen) atoms. The first-order valence-electron chi connectivity index (χ1n) is 6.55. The van der Waals surface area contributed by atoms with E-state index in [0.717, 1.165) is 22.3 Å². The molecule has 4 nitrogen and oxygen atoms in total. The fraction of sp³-hybridized carbons (Fsp3) is 0.250. The number of hydrogen-bond acceptors (Lipinski definition) is 4. The van der Waals surface area contributed by atoms with Crippen LogP contribution < -0.4 is 5.73 Å². The summed E-state index contributed by atoms with van der Waals surface area (Å²) in [5.74, 6) is -0.346. The van der Waals surface area contributed by atoms with Gasteiger partial charge in [-0.3, -0.25) is 9.78 Å². The zero-order valence-corrected chi connectivity index (χ0v) is 12.7. The summed E-state index contributed by atoms with van der Waals surface area (Å²) in [6.45, 7) is 1.99. The molecule has 0 aliphatic heterocycles. The van der Waals surface area contributed by atoms with E-state index in [0.29, 0.717) is 5.02 Å². The highest BCUT2D eigenvalue weighted by Crippen LogP contribution is 2.31. The van der Waals surface area contributed by atoms with Crippen LogP contribution in [0.3, 0.4) is 0 Å². The van der Waals surface area contributed by atoms with Crippen molar-refractivity contribution in [3.8, 4) is 11.1 Å². The molecule has 110 valence electrons. The van der Waals surface area contributed by atoms with Crippen LogP contribution >= 0.6 is 11.6 Å². The van der Waals surface area contributed by atoms with Gasteiger partial charge in [-0.2, -0.15) is 0 Å². The number of carbonyl (C=O) groups is 1. The molecule has 0 fully saturated rings. The topological polar surface area (TPSA) is 65.2 Å². The number of methoxy groups -OCH3 is 1. The van der Waals surface area contributed by atoms with Gasteiger partial charge in [-0.15, -0.1) is 0 Å². The Kier molecular flexibility index (Phi) is 4.94. The summed E-state index contributed by atoms with van der Waals surface area (Å²) < 4.78 is 4.64. The van der Waals surface area contributed by atoms with Crippen LogP contribution in [-0.4, -0.2) is 18.1 Å². The number of benzene rings is 1. The van der Waals surface area contributed by atoms with E-state index < -0.39 is 6.04 Å². The number of aryl methyl sites for hydroxylation is 1. The lowest BCUT2D eigenvalue weighted by Gasteiger charge is -2.13. The second-order valence-electron chi connectivity index (χ2n) is 4.83. The molecule has 0 saturated heterocycles. The minimum Gasteiger partial charge on any atom is -0.469 e. The van der Waals surface area contributed by atoms with Crippen LogP contribution in [0, 0.1) is 6.92 Å². The van der Waals surface area contributed by atoms with Gasteiger partial charge in [0, 0.05) is 34.6 Å². The van der Waals surface area contributed by atoms with Crippen molar-refractivity contribution in [1.29, 1.82) is 0 Å². The van der Waals surface area contributed by atoms with Crippen LogP contribution in [0.5, 0.6) is 0 Å². The number of nitrogens with zero attached hydrogens (tertiary/aromatic N) is 1. The molecule has 1 aromatic heterocycles. The Bertz CT molecular complexity index is 638. The summed E-state index contributed by atoms with van der Waals surface area (Å²) in [5, 5.41) is 0.662. The zero-order valence-electron chi connectivity index (χ0n) is 12.0. The maximum absolute atomic E-state index is 11.3. The molecule has 5 heteroatoms. The second kappa shape index (κ2) is 6.70. The Balaban J connectivity index is 2.36. The summed E-state index contributed by atoms with van der Waals surface area (Å²) in [4.78, 5) is 15.5. The maximum atomic E-state index is 11.3. The third-order valence-electron chi connectivity index (χ3n) is 3.31. The lowest BCUT2D eigenvalue weighted by molar-refractivity contribution is -0.141. The number of rotatable bonds is 4. The van der Waals surface area contributed by atoms with E-state index in [9.17, 15) is 4.79 Å². The van der Waals surface area contributed by atoms with Crippen molar-refractivity contribution in [2.45, 2.75) is 19.4 Å². The smallest absolute Gasteiger partial charge is 0.307 e. The van der Waals surface area contributed by atoms with Gasteiger partial charge < -0.3 is 10.5 Å². The predicted octanol–water partition coefficient (Wildman–Crippen LogP) is 3.27. The Morgan fingerprint density at radius 2 is 2.19 bits per heavy atom. The quantitative estimate of drug-likeness (QED) is 0.880. The second-order valence-corrected chi connectivity index (χ2v) is 5.23. The largest absolute Gasteiger partial charge is 0.469 e. The molecular formula is C16H17ClN2O2. The van der Waals surface area contributed by atoms with E-state index in [-0.39, 0.29) is 12.4 Å². The highest BCUT2D eigenvalue weighted by molar-refractivity contribution is 6.33. The van der Waals surface area contributed by atoms with Gasteiger partial charge in [0.1, 0.15) is 0 Å². The average Bonchev–Trinajstić information content (AvgIpc) is 2.47. The van der Waals surface area contributed by atoms with Crippen molar-refractivity contribution in [3.05, 3.63) is 52.8 Å². The van der Waals surface area contributed by atoms with E-state index in [2.05, 4.69) is 9.72 Å². The molecule has 0 spiro atoms. The van der Waals surface area contributed by atoms with E-state index >= 15 is 0 Å². The summed E-state index contributed by atoms with van der Waals surface area (Å²) in [7, 11) is 1.34. The Morgan fingerprint density at radius 1 is 1.43 bits per heavy atom. The van der Waals surface area contributed by atoms with Gasteiger partial charge in [0.05, 0.1) is 13.5 Å². The van der Waals surface area contributed by atoms with Crippen molar-refractivity contribution in [2.24, 2.45) is 5.73 Å². The van der Waals surface area contributed by atoms with Crippen LogP contribution in [0.2, 0.25) is 5.02 Å². The van der Waals surface area contributed by atoms with Crippen LogP contribution in [-0.2, 0) is 9.53 Å². The summed E-state index contributed by atoms with van der Waals surface area (Å²) in [5.41, 5.74) is 9.67. The molecule has 1 atom stereocenters. The summed E-state index contributed by atoms with van der Waals surface area (Å²) >= 11 is 6.27. The summed E-state index contributed by atoms with van der Waals surface area (Å²) in [6, 6.07) is 7.19. The van der Waals surface area contributed by atoms with E-state index in [4.69, 9.17) is 17.3 Å². The van der Waals surface area contributed by atoms with Gasteiger partial charge in [0.25, 0.3) is 0 Å². The third-order valence-corrected chi connectivity index (χ3v) is 3.63. The first-order valence-corrected chi connectivity index (χ1v) is 6.93. The minimum atomic E-state index is -0.451. The van der Waals surface area contributed by atoms with Crippen LogP contribution in [0.15, 0.2) is 36.7 Å². The van der Waals surface area contributed by atoms with Gasteiger partial charge in [-0.1, -0.05) is 23.7 Å². The van der Waals surface area contributed by atoms with Gasteiger partial charge in [-0.05, 0) is 30.2 Å². The van der Waals surface area contributed by atoms with E-state index in [1.807, 2.05) is 31.2 Å². The molecule has 0 bridgehead atoms. The van der Waals surface area contributed by atoms with Crippen molar-refractivity contribution >= 4 is 17.6 Å². The van der Waals surface area contributed by atoms with Gasteiger partial charge in [0.2, 0.25) is 0 Å². The third kappa shape index (κ3) is 3.60. The number of pyridine rings is 1. The number of halogens is 1. The molecule has 1 aromatic carbocycles. The molecule has 0 amide bonds. The first-order chi connectivity index (χ1) is 10.0. The molecular weight excluding hydrogens is 288 g/mol. The van der Waals surface area contributed by atoms with Crippen LogP contribution in [0.25, 0.3) is 11.1 Å². The molecule has 0 radical (unpaired) electrons. The fourth-order valence-electron chi connectivity index (χ4n) is 2.18. The highest BCUT2D eigenvalue weighted by Gasteiger charge is 2.14. The van der Waals surface area contributed by atoms with Gasteiger partial charge in [0.15, 0.2) is 0 Å². The molecule has 1 unspecified atom stereocenters. The highest BCUT2D eigenvalue weighted by atomic mass is 35.5. The predicted molar refractivity (Wildman–Crippen MR) is 83.0 cm³/mol. The number of ether oxygens (including phenoxy) is 1. The SMILES string of the molecule is COC(=O)CC(N)c1cncc(-c2c(C)cccc2Cl)c1. The molecule has 1 heterocycles. The summed E-state index contributed by atoms with van der Waals surface area (Å²) in [6.07, 6.45) is 3.51. The van der Waals surface area contributed by atoms with E-state index in [1.54, 1.807) is 12.4 Å². The lowest BCUT2D eigenvalue weighted by atomic mass is 9.98. The van der Waals surface area contributed by atoms with Crippen LogP contribution in [0.4, 0.5) is 0 Å². The number of hydrogen-bond donors (Lipinski definition) is 1. The van der Waals surface area contributed by atoms with E-state index in [1.165, 1.54) is 7.11 Å². The fourth-order valence-corrected chi connectivity index (χ4v) is 2.51. The van der Waals surface area contributed by atoms with Crippen molar-refractivity contribution in [3.63, 3.8) is 0 Å². The average molecular weight is 305 g/mol. The Morgan fingerprint density at radius 3 is 2.86 bits per heavy atom. The normalized spacial score (nSPS) is 12.0. The zero-order chi connectivity index (χ0) is 15.4. The number of esters is 1. The molecule has 0 aliphatic carbocycles. The Labute approximate surface area is 128 Å². The minimum absolute atomic E-state index is 0.114. The molecule has 2 aromatic rings. The maximum Gasteiger partial charge on any atom is 0.307 e. The number of nitrogens with two attached hydrogens (primary N) is 1. The van der Waals surface area contributed by atoms with Crippen molar-refractivity contribution in [2.75, 3.05) is 7.11 Å². The number of aromatic nitrogens is 1. The lowest BCUT2D eigenvalue weighted by Crippen LogP contribution is -2.16. The van der Waals surface area contributed by atoms with Crippen molar-refractivity contribution < 1.29 is 9.53 Å². The first kappa shape index (κ1) is 15.5. The number of carbonyl (C=O) groups excluding carboxylic acids is 1. The van der Waals surface area contributed by atoms with Gasteiger partial charge >= 0.3 is 5.97 Å². The molecule has 2 rings (SSSR count). The monoisotopic (exact) mass is 304 g/mol. The van der Waals surface area contributed by atoms with Gasteiger partial charge in [-0.25, -0.2) is 0 Å².